The van der Waals surface area contributed by atoms with Crippen molar-refractivity contribution >= 4 is 0 Å². The molecule has 1 N–H and O–H groups in total. The lowest BCUT2D eigenvalue weighted by atomic mass is 9.99. The van der Waals surface area contributed by atoms with Crippen molar-refractivity contribution in [1.82, 2.24) is 5.32 Å². The molecule has 0 spiro atoms. The van der Waals surface area contributed by atoms with E-state index >= 15 is 0 Å². The molecule has 2 rings (SSSR count). The van der Waals surface area contributed by atoms with Gasteiger partial charge in [-0.05, 0) is 44.4 Å². The fourth-order valence-electron chi connectivity index (χ4n) is 2.48. The summed E-state index contributed by atoms with van der Waals surface area (Å²) in [5.74, 6) is -1.59. The molecule has 0 saturated carbocycles. The molecule has 0 aliphatic carbocycles. The molecule has 4 heteroatoms. The molecular weight excluding hydrogens is 236 g/mol. The van der Waals surface area contributed by atoms with Crippen molar-refractivity contribution in [2.24, 2.45) is 0 Å². The molecule has 1 heterocycles. The Hall–Kier alpha value is -1.00. The predicted octanol–water partition coefficient (Wildman–Crippen LogP) is 3.01. The van der Waals surface area contributed by atoms with E-state index < -0.39 is 11.6 Å². The Kier molecular flexibility index (Phi) is 4.30. The van der Waals surface area contributed by atoms with E-state index in [2.05, 4.69) is 19.2 Å². The maximum atomic E-state index is 13.0. The topological polar surface area (TPSA) is 21.3 Å². The highest BCUT2D eigenvalue weighted by Gasteiger charge is 2.23. The van der Waals surface area contributed by atoms with Crippen LogP contribution in [-0.2, 0) is 11.3 Å². The molecule has 1 aliphatic heterocycles. The van der Waals surface area contributed by atoms with Crippen LogP contribution >= 0.6 is 0 Å². The van der Waals surface area contributed by atoms with Crippen LogP contribution in [-0.4, -0.2) is 18.2 Å². The molecule has 1 aromatic rings. The highest BCUT2D eigenvalue weighted by Crippen LogP contribution is 2.19. The molecule has 2 unspecified atom stereocenters. The van der Waals surface area contributed by atoms with Crippen molar-refractivity contribution in [2.75, 3.05) is 0 Å². The standard InChI is InChI=1S/C14H19F2NO/c1-9-5-12(6-10(2)18-9)17-8-11-3-4-13(15)14(16)7-11/h3-4,7,9-10,12,17H,5-6,8H2,1-2H3. The monoisotopic (exact) mass is 255 g/mol. The molecule has 0 radical (unpaired) electrons. The van der Waals surface area contributed by atoms with E-state index in [1.54, 1.807) is 6.07 Å². The third kappa shape index (κ3) is 3.50. The summed E-state index contributed by atoms with van der Waals surface area (Å²) in [4.78, 5) is 0. The second-order valence-electron chi connectivity index (χ2n) is 5.06. The molecule has 0 aromatic heterocycles. The Morgan fingerprint density at radius 1 is 1.17 bits per heavy atom. The van der Waals surface area contributed by atoms with Gasteiger partial charge in [0.15, 0.2) is 11.6 Å². The molecule has 1 aliphatic rings. The minimum atomic E-state index is -0.799. The number of hydrogen-bond acceptors (Lipinski definition) is 2. The van der Waals surface area contributed by atoms with Crippen molar-refractivity contribution in [3.8, 4) is 0 Å². The minimum Gasteiger partial charge on any atom is -0.375 e. The highest BCUT2D eigenvalue weighted by atomic mass is 19.2. The first-order chi connectivity index (χ1) is 8.54. The highest BCUT2D eigenvalue weighted by molar-refractivity contribution is 5.17. The van der Waals surface area contributed by atoms with E-state index in [1.807, 2.05) is 0 Å². The van der Waals surface area contributed by atoms with Gasteiger partial charge in [-0.15, -0.1) is 0 Å². The van der Waals surface area contributed by atoms with E-state index in [9.17, 15) is 8.78 Å². The summed E-state index contributed by atoms with van der Waals surface area (Å²) in [5.41, 5.74) is 0.765. The molecule has 1 fully saturated rings. The number of benzene rings is 1. The fourth-order valence-corrected chi connectivity index (χ4v) is 2.48. The number of ether oxygens (including phenoxy) is 1. The van der Waals surface area contributed by atoms with Crippen molar-refractivity contribution < 1.29 is 13.5 Å². The van der Waals surface area contributed by atoms with Gasteiger partial charge in [0.25, 0.3) is 0 Å². The van der Waals surface area contributed by atoms with Crippen molar-refractivity contribution in [3.63, 3.8) is 0 Å². The molecule has 2 nitrogen and oxygen atoms in total. The van der Waals surface area contributed by atoms with Gasteiger partial charge in [-0.25, -0.2) is 8.78 Å². The summed E-state index contributed by atoms with van der Waals surface area (Å²) < 4.78 is 31.5. The van der Waals surface area contributed by atoms with Gasteiger partial charge in [-0.2, -0.15) is 0 Å². The third-order valence-electron chi connectivity index (χ3n) is 3.28. The lowest BCUT2D eigenvalue weighted by molar-refractivity contribution is -0.0422. The molecule has 0 bridgehead atoms. The van der Waals surface area contributed by atoms with Crippen LogP contribution in [0.4, 0.5) is 8.78 Å². The number of hydrogen-bond donors (Lipinski definition) is 1. The van der Waals surface area contributed by atoms with Crippen molar-refractivity contribution in [3.05, 3.63) is 35.4 Å². The largest absolute Gasteiger partial charge is 0.375 e. The summed E-state index contributed by atoms with van der Waals surface area (Å²) in [5, 5.41) is 3.38. The Morgan fingerprint density at radius 2 is 1.83 bits per heavy atom. The van der Waals surface area contributed by atoms with E-state index in [-0.39, 0.29) is 12.2 Å². The molecule has 2 atom stereocenters. The van der Waals surface area contributed by atoms with Crippen LogP contribution in [0.15, 0.2) is 18.2 Å². The third-order valence-corrected chi connectivity index (χ3v) is 3.28. The molecule has 100 valence electrons. The average molecular weight is 255 g/mol. The van der Waals surface area contributed by atoms with Gasteiger partial charge >= 0.3 is 0 Å². The van der Waals surface area contributed by atoms with Crippen molar-refractivity contribution in [1.29, 1.82) is 0 Å². The Balaban J connectivity index is 1.89. The van der Waals surface area contributed by atoms with Gasteiger partial charge in [0, 0.05) is 12.6 Å². The first kappa shape index (κ1) is 13.4. The zero-order chi connectivity index (χ0) is 13.1. The van der Waals surface area contributed by atoms with Crippen LogP contribution in [0.3, 0.4) is 0 Å². The van der Waals surface area contributed by atoms with E-state index in [0.717, 1.165) is 18.4 Å². The molecule has 0 amide bonds. The Labute approximate surface area is 106 Å². The normalized spacial score (nSPS) is 28.3. The van der Waals surface area contributed by atoms with Crippen LogP contribution in [0.2, 0.25) is 0 Å². The maximum absolute atomic E-state index is 13.0. The summed E-state index contributed by atoms with van der Waals surface area (Å²) in [6, 6.07) is 4.39. The summed E-state index contributed by atoms with van der Waals surface area (Å²) in [6.45, 7) is 4.67. The maximum Gasteiger partial charge on any atom is 0.159 e. The first-order valence-electron chi connectivity index (χ1n) is 6.37. The minimum absolute atomic E-state index is 0.246. The molecular formula is C14H19F2NO. The van der Waals surface area contributed by atoms with E-state index in [0.29, 0.717) is 12.6 Å². The van der Waals surface area contributed by atoms with Crippen molar-refractivity contribution in [2.45, 2.75) is 51.5 Å². The van der Waals surface area contributed by atoms with Crippen LogP contribution in [0, 0.1) is 11.6 Å². The number of rotatable bonds is 3. The smallest absolute Gasteiger partial charge is 0.159 e. The number of nitrogens with one attached hydrogen (secondary N) is 1. The van der Waals surface area contributed by atoms with Crippen LogP contribution in [0.25, 0.3) is 0 Å². The lowest BCUT2D eigenvalue weighted by Gasteiger charge is -2.32. The molecule has 1 saturated heterocycles. The van der Waals surface area contributed by atoms with Gasteiger partial charge in [-0.1, -0.05) is 6.07 Å². The number of halogens is 2. The second-order valence-corrected chi connectivity index (χ2v) is 5.06. The zero-order valence-corrected chi connectivity index (χ0v) is 10.7. The van der Waals surface area contributed by atoms with Gasteiger partial charge < -0.3 is 10.1 Å². The molecule has 1 aromatic carbocycles. The van der Waals surface area contributed by atoms with Gasteiger partial charge in [-0.3, -0.25) is 0 Å². The summed E-state index contributed by atoms with van der Waals surface area (Å²) in [6.07, 6.45) is 2.40. The van der Waals surface area contributed by atoms with E-state index in [4.69, 9.17) is 4.74 Å². The Bertz CT molecular complexity index is 401. The second kappa shape index (κ2) is 5.76. The SMILES string of the molecule is CC1CC(NCc2ccc(F)c(F)c2)CC(C)O1. The zero-order valence-electron chi connectivity index (χ0n) is 10.7. The van der Waals surface area contributed by atoms with Crippen LogP contribution < -0.4 is 5.32 Å². The average Bonchev–Trinajstić information content (AvgIpc) is 2.29. The fraction of sp³-hybridized carbons (Fsp3) is 0.571. The van der Waals surface area contributed by atoms with Crippen LogP contribution in [0.1, 0.15) is 32.3 Å². The predicted molar refractivity (Wildman–Crippen MR) is 66.2 cm³/mol. The van der Waals surface area contributed by atoms with Crippen LogP contribution in [0.5, 0.6) is 0 Å². The van der Waals surface area contributed by atoms with Gasteiger partial charge in [0.2, 0.25) is 0 Å². The summed E-state index contributed by atoms with van der Waals surface area (Å²) >= 11 is 0. The lowest BCUT2D eigenvalue weighted by Crippen LogP contribution is -2.40. The first-order valence-corrected chi connectivity index (χ1v) is 6.37. The quantitative estimate of drug-likeness (QED) is 0.896. The van der Waals surface area contributed by atoms with E-state index in [1.165, 1.54) is 12.1 Å². The van der Waals surface area contributed by atoms with Gasteiger partial charge in [0.05, 0.1) is 12.2 Å². The summed E-state index contributed by atoms with van der Waals surface area (Å²) in [7, 11) is 0. The van der Waals surface area contributed by atoms with Gasteiger partial charge in [0.1, 0.15) is 0 Å². The Morgan fingerprint density at radius 3 is 2.44 bits per heavy atom. The molecule has 18 heavy (non-hydrogen) atoms.